The van der Waals surface area contributed by atoms with E-state index < -0.39 is 40.9 Å². The van der Waals surface area contributed by atoms with Crippen LogP contribution in [0.15, 0.2) is 6.20 Å². The van der Waals surface area contributed by atoms with Crippen molar-refractivity contribution in [1.82, 2.24) is 15.1 Å². The first-order valence-corrected chi connectivity index (χ1v) is 7.08. The molecular formula is C14H20F3N3O4. The monoisotopic (exact) mass is 351 g/mol. The fraction of sp³-hybridized carbons (Fsp3) is 0.643. The van der Waals surface area contributed by atoms with Crippen LogP contribution in [0.5, 0.6) is 0 Å². The van der Waals surface area contributed by atoms with Crippen LogP contribution in [0.25, 0.3) is 0 Å². The zero-order valence-corrected chi connectivity index (χ0v) is 13.8. The molecule has 1 amide bonds. The summed E-state index contributed by atoms with van der Waals surface area (Å²) in [6.07, 6.45) is -4.10. The van der Waals surface area contributed by atoms with E-state index in [9.17, 15) is 22.8 Å². The van der Waals surface area contributed by atoms with Gasteiger partial charge in [0.15, 0.2) is 5.69 Å². The van der Waals surface area contributed by atoms with Crippen LogP contribution in [0.4, 0.5) is 13.2 Å². The van der Waals surface area contributed by atoms with E-state index in [1.807, 2.05) is 0 Å². The second-order valence-corrected chi connectivity index (χ2v) is 6.13. The van der Waals surface area contributed by atoms with Crippen LogP contribution in [-0.4, -0.2) is 46.5 Å². The van der Waals surface area contributed by atoms with Crippen LogP contribution in [0, 0.1) is 0 Å². The fourth-order valence-electron chi connectivity index (χ4n) is 2.03. The van der Waals surface area contributed by atoms with Gasteiger partial charge in [0, 0.05) is 20.1 Å². The number of methoxy groups -OCH3 is 1. The Balaban J connectivity index is 3.19. The number of aromatic nitrogens is 2. The second kappa shape index (κ2) is 7.20. The average molecular weight is 351 g/mol. The first kappa shape index (κ1) is 19.9. The molecule has 2 N–H and O–H groups in total. The molecule has 0 aliphatic carbocycles. The number of alkyl halides is 3. The Morgan fingerprint density at radius 1 is 1.38 bits per heavy atom. The Hall–Kier alpha value is -2.10. The van der Waals surface area contributed by atoms with Crippen molar-refractivity contribution >= 4 is 11.9 Å². The van der Waals surface area contributed by atoms with Gasteiger partial charge < -0.3 is 15.2 Å². The predicted octanol–water partition coefficient (Wildman–Crippen LogP) is 1.88. The van der Waals surface area contributed by atoms with Gasteiger partial charge in [-0.1, -0.05) is 0 Å². The van der Waals surface area contributed by atoms with Gasteiger partial charge >= 0.3 is 12.1 Å². The third kappa shape index (κ3) is 4.70. The second-order valence-electron chi connectivity index (χ2n) is 6.13. The molecule has 1 atom stereocenters. The van der Waals surface area contributed by atoms with Gasteiger partial charge in [0.05, 0.1) is 17.3 Å². The van der Waals surface area contributed by atoms with Crippen molar-refractivity contribution in [2.24, 2.45) is 0 Å². The molecule has 24 heavy (non-hydrogen) atoms. The molecule has 7 nitrogen and oxygen atoms in total. The molecular weight excluding hydrogens is 331 g/mol. The largest absolute Gasteiger partial charge is 0.480 e. The molecule has 0 saturated heterocycles. The number of halogens is 3. The summed E-state index contributed by atoms with van der Waals surface area (Å²) in [5.74, 6) is -2.52. The molecule has 0 bridgehead atoms. The summed E-state index contributed by atoms with van der Waals surface area (Å²) in [6.45, 7) is 4.56. The number of hydrogen-bond acceptors (Lipinski definition) is 4. The molecule has 1 unspecified atom stereocenters. The summed E-state index contributed by atoms with van der Waals surface area (Å²) in [5.41, 5.74) is -2.95. The number of amides is 1. The topological polar surface area (TPSA) is 93.5 Å². The Kier molecular flexibility index (Phi) is 5.99. The lowest BCUT2D eigenvalue weighted by atomic mass is 10.1. The Morgan fingerprint density at radius 3 is 2.38 bits per heavy atom. The zero-order chi connectivity index (χ0) is 18.7. The highest BCUT2D eigenvalue weighted by Crippen LogP contribution is 2.34. The average Bonchev–Trinajstić information content (AvgIpc) is 2.87. The van der Waals surface area contributed by atoms with Gasteiger partial charge in [0.25, 0.3) is 5.91 Å². The van der Waals surface area contributed by atoms with Gasteiger partial charge in [-0.3, -0.25) is 9.48 Å². The van der Waals surface area contributed by atoms with Gasteiger partial charge in [-0.15, -0.1) is 0 Å². The Labute approximate surface area is 136 Å². The molecule has 1 aromatic rings. The van der Waals surface area contributed by atoms with Gasteiger partial charge in [0.1, 0.15) is 6.04 Å². The summed E-state index contributed by atoms with van der Waals surface area (Å²) < 4.78 is 45.5. The van der Waals surface area contributed by atoms with E-state index in [4.69, 9.17) is 9.84 Å². The molecule has 1 heterocycles. The molecule has 1 aromatic heterocycles. The van der Waals surface area contributed by atoms with Crippen molar-refractivity contribution in [3.8, 4) is 0 Å². The first-order chi connectivity index (χ1) is 10.9. The van der Waals surface area contributed by atoms with E-state index in [1.54, 1.807) is 0 Å². The predicted molar refractivity (Wildman–Crippen MR) is 77.6 cm³/mol. The third-order valence-corrected chi connectivity index (χ3v) is 3.13. The number of hydrogen-bond donors (Lipinski definition) is 2. The van der Waals surface area contributed by atoms with Crippen LogP contribution >= 0.6 is 0 Å². The number of rotatable bonds is 6. The molecule has 136 valence electrons. The molecule has 1 rings (SSSR count). The minimum atomic E-state index is -4.82. The Bertz CT molecular complexity index is 605. The van der Waals surface area contributed by atoms with Crippen LogP contribution in [0.3, 0.4) is 0 Å². The minimum absolute atomic E-state index is 0.0324. The van der Waals surface area contributed by atoms with Crippen molar-refractivity contribution in [1.29, 1.82) is 0 Å². The lowest BCUT2D eigenvalue weighted by molar-refractivity contribution is -0.146. The number of aliphatic carboxylic acids is 1. The molecule has 0 saturated carbocycles. The maximum absolute atomic E-state index is 13.4. The Morgan fingerprint density at radius 2 is 1.96 bits per heavy atom. The molecule has 0 aliphatic heterocycles. The lowest BCUT2D eigenvalue weighted by Crippen LogP contribution is -2.42. The molecule has 0 spiro atoms. The first-order valence-electron chi connectivity index (χ1n) is 7.08. The number of carbonyl (C=O) groups is 2. The molecule has 0 aliphatic rings. The normalized spacial score (nSPS) is 13.6. The lowest BCUT2D eigenvalue weighted by Gasteiger charge is -2.24. The molecule has 0 fully saturated rings. The van der Waals surface area contributed by atoms with E-state index in [2.05, 4.69) is 10.4 Å². The molecule has 0 aromatic carbocycles. The summed E-state index contributed by atoms with van der Waals surface area (Å²) in [5, 5.41) is 14.8. The molecule has 0 radical (unpaired) electrons. The summed E-state index contributed by atoms with van der Waals surface area (Å²) in [4.78, 5) is 23.3. The van der Waals surface area contributed by atoms with Gasteiger partial charge in [-0.25, -0.2) is 4.79 Å². The number of carbonyl (C=O) groups excluding carboxylic acids is 1. The third-order valence-electron chi connectivity index (χ3n) is 3.13. The summed E-state index contributed by atoms with van der Waals surface area (Å²) in [6, 6.07) is -1.36. The highest BCUT2D eigenvalue weighted by molar-refractivity contribution is 5.97. The highest BCUT2D eigenvalue weighted by atomic mass is 19.4. The molecule has 10 heteroatoms. The number of nitrogens with zero attached hydrogens (tertiary/aromatic N) is 2. The van der Waals surface area contributed by atoms with Crippen molar-refractivity contribution in [3.05, 3.63) is 17.5 Å². The van der Waals surface area contributed by atoms with E-state index in [0.717, 1.165) is 6.20 Å². The summed E-state index contributed by atoms with van der Waals surface area (Å²) in [7, 11) is 1.34. The number of carboxylic acids is 1. The highest BCUT2D eigenvalue weighted by Gasteiger charge is 2.42. The van der Waals surface area contributed by atoms with Gasteiger partial charge in [-0.05, 0) is 20.8 Å². The number of carboxylic acid groups (broad SMARTS) is 1. The van der Waals surface area contributed by atoms with Gasteiger partial charge in [-0.2, -0.15) is 18.3 Å². The fourth-order valence-corrected chi connectivity index (χ4v) is 2.03. The smallest absolute Gasteiger partial charge is 0.433 e. The summed E-state index contributed by atoms with van der Waals surface area (Å²) >= 11 is 0. The number of ether oxygens (including phenoxy) is 1. The van der Waals surface area contributed by atoms with E-state index in [0.29, 0.717) is 4.68 Å². The van der Waals surface area contributed by atoms with Crippen molar-refractivity contribution < 1.29 is 32.6 Å². The van der Waals surface area contributed by atoms with Crippen LogP contribution in [0.1, 0.15) is 43.2 Å². The zero-order valence-electron chi connectivity index (χ0n) is 13.8. The maximum Gasteiger partial charge on any atom is 0.433 e. The number of nitrogens with one attached hydrogen (secondary N) is 1. The standard InChI is InChI=1S/C14H20F3N3O4/c1-13(2,3)20-10(14(15,16)17)8(7-18-20)11(21)19-9(12(22)23)5-6-24-4/h7,9H,5-6H2,1-4H3,(H,19,21)(H,22,23). The van der Waals surface area contributed by atoms with Gasteiger partial charge in [0.2, 0.25) is 0 Å². The van der Waals surface area contributed by atoms with Crippen molar-refractivity contribution in [3.63, 3.8) is 0 Å². The van der Waals surface area contributed by atoms with E-state index in [-0.39, 0.29) is 13.0 Å². The maximum atomic E-state index is 13.4. The van der Waals surface area contributed by atoms with E-state index in [1.165, 1.54) is 27.9 Å². The van der Waals surface area contributed by atoms with E-state index >= 15 is 0 Å². The van der Waals surface area contributed by atoms with Crippen molar-refractivity contribution in [2.45, 2.75) is 44.9 Å². The SMILES string of the molecule is COCCC(NC(=O)c1cnn(C(C)(C)C)c1C(F)(F)F)C(=O)O. The van der Waals surface area contributed by atoms with Crippen LogP contribution in [-0.2, 0) is 21.2 Å². The van der Waals surface area contributed by atoms with Crippen LogP contribution < -0.4 is 5.32 Å². The quantitative estimate of drug-likeness (QED) is 0.816. The van der Waals surface area contributed by atoms with Crippen molar-refractivity contribution in [2.75, 3.05) is 13.7 Å². The minimum Gasteiger partial charge on any atom is -0.480 e. The van der Waals surface area contributed by atoms with Crippen LogP contribution in [0.2, 0.25) is 0 Å².